The van der Waals surface area contributed by atoms with Gasteiger partial charge in [0.2, 0.25) is 0 Å². The van der Waals surface area contributed by atoms with Crippen LogP contribution in [-0.2, 0) is 11.8 Å². The average molecular weight is 352 g/mol. The minimum absolute atomic E-state index is 0.235. The Bertz CT molecular complexity index is 551. The molecule has 20 heavy (non-hydrogen) atoms. The van der Waals surface area contributed by atoms with Crippen LogP contribution in [0.3, 0.4) is 0 Å². The van der Waals surface area contributed by atoms with Gasteiger partial charge in [-0.15, -0.1) is 11.3 Å². The Kier molecular flexibility index (Phi) is 5.05. The van der Waals surface area contributed by atoms with Crippen LogP contribution in [0, 0.1) is 0 Å². The van der Waals surface area contributed by atoms with Gasteiger partial charge in [-0.1, -0.05) is 48.8 Å². The minimum Gasteiger partial charge on any atom is -0.312 e. The second-order valence-electron chi connectivity index (χ2n) is 6.12. The quantitative estimate of drug-likeness (QED) is 0.786. The zero-order valence-corrected chi connectivity index (χ0v) is 14.9. The van der Waals surface area contributed by atoms with Crippen LogP contribution in [0.15, 0.2) is 40.9 Å². The van der Waals surface area contributed by atoms with Crippen LogP contribution in [0.5, 0.6) is 0 Å². The fourth-order valence-electron chi connectivity index (χ4n) is 2.14. The molecule has 1 unspecified atom stereocenters. The summed E-state index contributed by atoms with van der Waals surface area (Å²) in [6, 6.07) is 13.5. The molecule has 0 bridgehead atoms. The summed E-state index contributed by atoms with van der Waals surface area (Å²) in [5.41, 5.74) is 1.59. The summed E-state index contributed by atoms with van der Waals surface area (Å²) in [5.74, 6) is 0. The molecule has 1 N–H and O–H groups in total. The zero-order valence-electron chi connectivity index (χ0n) is 12.5. The highest BCUT2D eigenvalue weighted by Gasteiger charge is 2.19. The van der Waals surface area contributed by atoms with Crippen molar-refractivity contribution >= 4 is 27.3 Å². The van der Waals surface area contributed by atoms with Gasteiger partial charge in [-0.05, 0) is 48.7 Å². The largest absolute Gasteiger partial charge is 0.312 e. The molecule has 108 valence electrons. The van der Waals surface area contributed by atoms with E-state index in [2.05, 4.69) is 78.4 Å². The first-order valence-electron chi connectivity index (χ1n) is 6.92. The molecular formula is C17H22BrNS. The lowest BCUT2D eigenvalue weighted by Crippen LogP contribution is -2.17. The van der Waals surface area contributed by atoms with Crippen LogP contribution in [0.25, 0.3) is 0 Å². The topological polar surface area (TPSA) is 12.0 Å². The Morgan fingerprint density at radius 3 is 2.25 bits per heavy atom. The predicted molar refractivity (Wildman–Crippen MR) is 92.7 cm³/mol. The number of nitrogens with one attached hydrogen (secondary N) is 1. The maximum absolute atomic E-state index is 3.49. The summed E-state index contributed by atoms with van der Waals surface area (Å²) in [7, 11) is 2.04. The van der Waals surface area contributed by atoms with E-state index in [0.717, 1.165) is 10.9 Å². The Hall–Kier alpha value is -0.640. The number of rotatable bonds is 4. The van der Waals surface area contributed by atoms with Crippen molar-refractivity contribution in [2.24, 2.45) is 0 Å². The van der Waals surface area contributed by atoms with E-state index < -0.39 is 0 Å². The van der Waals surface area contributed by atoms with Gasteiger partial charge in [-0.3, -0.25) is 0 Å². The molecule has 1 nitrogen and oxygen atoms in total. The van der Waals surface area contributed by atoms with E-state index in [1.807, 2.05) is 18.4 Å². The number of thiophene rings is 1. The Balaban J connectivity index is 2.16. The molecule has 0 aliphatic rings. The highest BCUT2D eigenvalue weighted by Crippen LogP contribution is 2.33. The molecule has 0 spiro atoms. The van der Waals surface area contributed by atoms with E-state index in [1.165, 1.54) is 15.3 Å². The third-order valence-corrected chi connectivity index (χ3v) is 5.56. The second-order valence-corrected chi connectivity index (χ2v) is 8.15. The van der Waals surface area contributed by atoms with Crippen LogP contribution < -0.4 is 5.32 Å². The van der Waals surface area contributed by atoms with E-state index in [4.69, 9.17) is 0 Å². The Labute approximate surface area is 134 Å². The van der Waals surface area contributed by atoms with Crippen LogP contribution in [0.1, 0.15) is 42.1 Å². The van der Waals surface area contributed by atoms with Gasteiger partial charge in [0.1, 0.15) is 0 Å². The molecule has 0 aliphatic carbocycles. The molecule has 1 aromatic heterocycles. The Morgan fingerprint density at radius 2 is 1.75 bits per heavy atom. The molecule has 0 amide bonds. The van der Waals surface area contributed by atoms with Gasteiger partial charge >= 0.3 is 0 Å². The van der Waals surface area contributed by atoms with Gasteiger partial charge in [0, 0.05) is 20.3 Å². The van der Waals surface area contributed by atoms with Crippen molar-refractivity contribution in [2.75, 3.05) is 7.05 Å². The molecule has 0 radical (unpaired) electrons. The lowest BCUT2D eigenvalue weighted by atomic mass is 9.95. The molecule has 0 saturated heterocycles. The first-order chi connectivity index (χ1) is 9.40. The van der Waals surface area contributed by atoms with Crippen LogP contribution in [0.4, 0.5) is 0 Å². The van der Waals surface area contributed by atoms with Gasteiger partial charge in [0.25, 0.3) is 0 Å². The van der Waals surface area contributed by atoms with E-state index in [0.29, 0.717) is 6.04 Å². The van der Waals surface area contributed by atoms with Crippen molar-refractivity contribution in [3.05, 3.63) is 56.2 Å². The maximum atomic E-state index is 3.49. The van der Waals surface area contributed by atoms with Gasteiger partial charge < -0.3 is 5.32 Å². The highest BCUT2D eigenvalue weighted by molar-refractivity contribution is 9.10. The summed E-state index contributed by atoms with van der Waals surface area (Å²) in [4.78, 5) is 2.86. The normalized spacial score (nSPS) is 13.4. The van der Waals surface area contributed by atoms with Crippen LogP contribution >= 0.6 is 27.3 Å². The number of hydrogen-bond acceptors (Lipinski definition) is 2. The standard InChI is InChI=1S/C17H22BrNS/c1-17(2,3)16-10-9-15(20-16)14(19-4)11-12-5-7-13(18)8-6-12/h5-10,14,19H,11H2,1-4H3. The molecular weight excluding hydrogens is 330 g/mol. The monoisotopic (exact) mass is 351 g/mol. The van der Waals surface area contributed by atoms with E-state index >= 15 is 0 Å². The van der Waals surface area contributed by atoms with Crippen molar-refractivity contribution < 1.29 is 0 Å². The molecule has 0 aliphatic heterocycles. The summed E-state index contributed by atoms with van der Waals surface area (Å²) in [6.45, 7) is 6.81. The van der Waals surface area contributed by atoms with Gasteiger partial charge in [0.05, 0.1) is 0 Å². The van der Waals surface area contributed by atoms with Crippen molar-refractivity contribution in [3.8, 4) is 0 Å². The summed E-state index contributed by atoms with van der Waals surface area (Å²) in [6.07, 6.45) is 1.02. The molecule has 1 heterocycles. The third-order valence-electron chi connectivity index (χ3n) is 3.41. The number of halogens is 1. The van der Waals surface area contributed by atoms with Gasteiger partial charge in [-0.25, -0.2) is 0 Å². The number of likely N-dealkylation sites (N-methyl/N-ethyl adjacent to an activating group) is 1. The highest BCUT2D eigenvalue weighted by atomic mass is 79.9. The molecule has 2 aromatic rings. The second kappa shape index (κ2) is 6.42. The summed E-state index contributed by atoms with van der Waals surface area (Å²) in [5, 5.41) is 3.44. The molecule has 0 fully saturated rings. The summed E-state index contributed by atoms with van der Waals surface area (Å²) < 4.78 is 1.13. The van der Waals surface area contributed by atoms with Crippen molar-refractivity contribution in [3.63, 3.8) is 0 Å². The van der Waals surface area contributed by atoms with Crippen LogP contribution in [-0.4, -0.2) is 7.05 Å². The van der Waals surface area contributed by atoms with Crippen molar-refractivity contribution in [2.45, 2.75) is 38.6 Å². The molecule has 3 heteroatoms. The SMILES string of the molecule is CNC(Cc1ccc(Br)cc1)c1ccc(C(C)(C)C)s1. The van der Waals surface area contributed by atoms with Crippen LogP contribution in [0.2, 0.25) is 0 Å². The number of hydrogen-bond donors (Lipinski definition) is 1. The fourth-order valence-corrected chi connectivity index (χ4v) is 3.58. The van der Waals surface area contributed by atoms with Gasteiger partial charge in [0.15, 0.2) is 0 Å². The lowest BCUT2D eigenvalue weighted by Gasteiger charge is -2.17. The number of benzene rings is 1. The maximum Gasteiger partial charge on any atom is 0.0453 e. The molecule has 1 aromatic carbocycles. The average Bonchev–Trinajstić information content (AvgIpc) is 2.87. The van der Waals surface area contributed by atoms with Crippen molar-refractivity contribution in [1.29, 1.82) is 0 Å². The smallest absolute Gasteiger partial charge is 0.0453 e. The fraction of sp³-hybridized carbons (Fsp3) is 0.412. The minimum atomic E-state index is 0.235. The third kappa shape index (κ3) is 3.94. The Morgan fingerprint density at radius 1 is 1.10 bits per heavy atom. The molecule has 1 atom stereocenters. The van der Waals surface area contributed by atoms with E-state index in [-0.39, 0.29) is 5.41 Å². The summed E-state index contributed by atoms with van der Waals surface area (Å²) >= 11 is 5.41. The molecule has 0 saturated carbocycles. The zero-order chi connectivity index (χ0) is 14.8. The predicted octanol–water partition coefficient (Wildman–Crippen LogP) is 5.31. The molecule has 2 rings (SSSR count). The lowest BCUT2D eigenvalue weighted by molar-refractivity contribution is 0.601. The first-order valence-corrected chi connectivity index (χ1v) is 8.53. The van der Waals surface area contributed by atoms with E-state index in [1.54, 1.807) is 0 Å². The van der Waals surface area contributed by atoms with Gasteiger partial charge in [-0.2, -0.15) is 0 Å². The van der Waals surface area contributed by atoms with Crippen molar-refractivity contribution in [1.82, 2.24) is 5.32 Å². The first kappa shape index (κ1) is 15.7. The van der Waals surface area contributed by atoms with E-state index in [9.17, 15) is 0 Å².